The Hall–Kier alpha value is -6.96. The Morgan fingerprint density at radius 1 is 0.329 bits per heavy atom. The van der Waals surface area contributed by atoms with Gasteiger partial charge in [-0.1, -0.05) is 53.4 Å². The van der Waals surface area contributed by atoms with Crippen LogP contribution < -0.4 is 18.3 Å². The van der Waals surface area contributed by atoms with E-state index in [-0.39, 0.29) is 0 Å². The Kier molecular flexibility index (Phi) is 19.6. The summed E-state index contributed by atoms with van der Waals surface area (Å²) < 4.78 is 33.9. The summed E-state index contributed by atoms with van der Waals surface area (Å²) in [7, 11) is 0. The molecule has 7 aromatic rings. The van der Waals surface area contributed by atoms with E-state index in [1.165, 1.54) is 0 Å². The van der Waals surface area contributed by atoms with E-state index in [4.69, 9.17) is 28.9 Å². The Labute approximate surface area is 449 Å². The lowest BCUT2D eigenvalue weighted by Gasteiger charge is -2.08. The quantitative estimate of drug-likeness (QED) is 0.0374. The molecular weight excluding hydrogens is 945 g/mol. The van der Waals surface area contributed by atoms with Gasteiger partial charge >= 0.3 is 0 Å². The first kappa shape index (κ1) is 53.9. The van der Waals surface area contributed by atoms with Crippen LogP contribution in [0.4, 0.5) is 0 Å². The highest BCUT2D eigenvalue weighted by atomic mass is 16.5. The molecule has 76 heavy (non-hydrogen) atoms. The van der Waals surface area contributed by atoms with Crippen molar-refractivity contribution in [3.63, 3.8) is 0 Å². The number of aromatic nitrogens is 8. The Bertz CT molecular complexity index is 2840. The summed E-state index contributed by atoms with van der Waals surface area (Å²) in [4.78, 5) is 19.4. The van der Waals surface area contributed by atoms with Gasteiger partial charge in [-0.3, -0.25) is 0 Å². The fraction of sp³-hybridized carbons (Fsp3) is 0.375. The Morgan fingerprint density at radius 3 is 0.816 bits per heavy atom. The van der Waals surface area contributed by atoms with E-state index in [0.717, 1.165) is 168 Å². The average Bonchev–Trinajstić information content (AvgIpc) is 4.32. The lowest BCUT2D eigenvalue weighted by molar-refractivity contribution is -0.688. The monoisotopic (exact) mass is 1020 g/mol. The molecule has 12 heteroatoms. The van der Waals surface area contributed by atoms with Crippen molar-refractivity contribution in [1.29, 1.82) is 0 Å². The number of fused-ring (bicyclic) bond motifs is 8. The molecule has 394 valence electrons. The summed E-state index contributed by atoms with van der Waals surface area (Å²) in [5.74, 6) is 0. The zero-order valence-electron chi connectivity index (χ0n) is 45.3. The van der Waals surface area contributed by atoms with Gasteiger partial charge in [0, 0.05) is 75.0 Å². The number of unbranched alkanes of at least 4 members (excludes halogenated alkanes) is 4. The molecule has 0 radical (unpaired) electrons. The fourth-order valence-electron chi connectivity index (χ4n) is 9.92. The van der Waals surface area contributed by atoms with Crippen molar-refractivity contribution in [2.24, 2.45) is 0 Å². The zero-order valence-corrected chi connectivity index (χ0v) is 45.3. The summed E-state index contributed by atoms with van der Waals surface area (Å²) in [5.41, 5.74) is 15.2. The van der Waals surface area contributed by atoms with Gasteiger partial charge in [0.2, 0.25) is 22.8 Å². The van der Waals surface area contributed by atoms with E-state index >= 15 is 0 Å². The van der Waals surface area contributed by atoms with Gasteiger partial charge in [-0.05, 0) is 98.5 Å². The molecule has 9 heterocycles. The van der Waals surface area contributed by atoms with Crippen LogP contribution in [0, 0.1) is 0 Å². The SMILES string of the molecule is CCCCOCC[n+]1ccccc1-c1c2nc(c(-c3cccc[n+]3CCOCCCC)c3ccc([nH]3)c(-c3cccc[n+]3CCOCCCC)c3nc(c(-c4cccc[n+]4CCOCCCC)c4ccc1[nH]4)C=C3)C=C2. The minimum atomic E-state index is 0.599. The van der Waals surface area contributed by atoms with Crippen LogP contribution in [-0.2, 0) is 45.1 Å². The predicted octanol–water partition coefficient (Wildman–Crippen LogP) is 11.7. The predicted molar refractivity (Wildman–Crippen MR) is 304 cm³/mol. The van der Waals surface area contributed by atoms with Crippen molar-refractivity contribution in [3.8, 4) is 45.0 Å². The van der Waals surface area contributed by atoms with Crippen molar-refractivity contribution in [2.75, 3.05) is 52.9 Å². The van der Waals surface area contributed by atoms with Crippen LogP contribution >= 0.6 is 0 Å². The van der Waals surface area contributed by atoms with E-state index in [1.807, 2.05) is 0 Å². The first-order valence-electron chi connectivity index (χ1n) is 28.0. The third-order valence-corrected chi connectivity index (χ3v) is 14.0. The molecule has 0 saturated heterocycles. The van der Waals surface area contributed by atoms with Crippen molar-refractivity contribution in [3.05, 3.63) is 145 Å². The van der Waals surface area contributed by atoms with Crippen LogP contribution in [-0.4, -0.2) is 72.8 Å². The third-order valence-electron chi connectivity index (χ3n) is 14.0. The fourth-order valence-corrected chi connectivity index (χ4v) is 9.92. The van der Waals surface area contributed by atoms with Crippen LogP contribution in [0.2, 0.25) is 0 Å². The van der Waals surface area contributed by atoms with Crippen molar-refractivity contribution in [2.45, 2.75) is 105 Å². The average molecular weight is 1020 g/mol. The highest BCUT2D eigenvalue weighted by molar-refractivity contribution is 5.97. The maximum atomic E-state index is 6.18. The molecule has 12 nitrogen and oxygen atoms in total. The molecule has 0 amide bonds. The number of aromatic amines is 2. The van der Waals surface area contributed by atoms with Crippen molar-refractivity contribution in [1.82, 2.24) is 19.9 Å². The zero-order chi connectivity index (χ0) is 52.3. The standard InChI is InChI=1S/C64H77N8O4/c1-5-9-41-73-45-37-69-33-17-13-21-57(69)61-49-25-27-51(65-49)62(58-22-14-18-34-70(58)38-46-74-42-10-6-2)53-29-31-55(67-53)64(60-24-16-20-36-72(60)40-48-76-44-12-8-4)56-32-30-54(68-56)63(52-28-26-50(61)66-52)59-23-15-19-35-71(59)39-47-75-43-11-7-3/h13-36H,5-12,37-48H2,1-4H3,(H,65,66,67,68)/q+3/p+1. The van der Waals surface area contributed by atoms with Gasteiger partial charge in [-0.15, -0.1) is 0 Å². The Morgan fingerprint density at radius 2 is 0.579 bits per heavy atom. The number of ether oxygens (including phenoxy) is 4. The van der Waals surface area contributed by atoms with Gasteiger partial charge in [-0.25, -0.2) is 9.97 Å². The minimum Gasteiger partial charge on any atom is -0.375 e. The van der Waals surface area contributed by atoms with Crippen LogP contribution in [0.1, 0.15) is 102 Å². The molecule has 0 aliphatic carbocycles. The first-order chi connectivity index (χ1) is 37.6. The summed E-state index contributed by atoms with van der Waals surface area (Å²) in [6, 6.07) is 34.5. The largest absolute Gasteiger partial charge is 0.375 e. The second-order valence-electron chi connectivity index (χ2n) is 19.5. The van der Waals surface area contributed by atoms with Crippen molar-refractivity contribution >= 4 is 46.4 Å². The van der Waals surface area contributed by atoms with Crippen LogP contribution in [0.5, 0.6) is 0 Å². The smallest absolute Gasteiger partial charge is 0.216 e. The topological polar surface area (TPSA) is 110 Å². The number of hydrogen-bond acceptors (Lipinski definition) is 6. The molecule has 8 bridgehead atoms. The normalized spacial score (nSPS) is 12.1. The molecule has 0 fully saturated rings. The molecule has 0 unspecified atom stereocenters. The van der Waals surface area contributed by atoms with Gasteiger partial charge in [0.15, 0.2) is 51.0 Å². The third kappa shape index (κ3) is 13.2. The van der Waals surface area contributed by atoms with Gasteiger partial charge in [0.1, 0.15) is 26.4 Å². The number of rotatable bonds is 28. The second-order valence-corrected chi connectivity index (χ2v) is 19.5. The molecule has 2 aliphatic rings. The lowest BCUT2D eigenvalue weighted by atomic mass is 10.1. The molecular formula is C64H78N8O4+4. The van der Waals surface area contributed by atoms with Crippen LogP contribution in [0.3, 0.4) is 0 Å². The molecule has 2 aliphatic heterocycles. The lowest BCUT2D eigenvalue weighted by Crippen LogP contribution is -2.38. The number of hydrogen-bond donors (Lipinski definition) is 2. The van der Waals surface area contributed by atoms with E-state index in [0.29, 0.717) is 52.6 Å². The number of nitrogens with zero attached hydrogens (tertiary/aromatic N) is 6. The minimum absolute atomic E-state index is 0.599. The van der Waals surface area contributed by atoms with Crippen molar-refractivity contribution < 1.29 is 37.2 Å². The summed E-state index contributed by atoms with van der Waals surface area (Å²) in [6.45, 7) is 16.9. The highest BCUT2D eigenvalue weighted by Crippen LogP contribution is 2.37. The molecule has 2 N–H and O–H groups in total. The molecule has 0 spiro atoms. The van der Waals surface area contributed by atoms with Gasteiger partial charge in [0.05, 0.1) is 67.1 Å². The number of nitrogens with one attached hydrogen (secondary N) is 2. The molecule has 0 saturated carbocycles. The number of H-pyrrole nitrogens is 2. The van der Waals surface area contributed by atoms with Crippen LogP contribution in [0.25, 0.3) is 91.4 Å². The van der Waals surface area contributed by atoms with E-state index in [2.05, 4.69) is 202 Å². The maximum absolute atomic E-state index is 6.18. The van der Waals surface area contributed by atoms with E-state index < -0.39 is 0 Å². The van der Waals surface area contributed by atoms with E-state index in [1.54, 1.807) is 0 Å². The summed E-state index contributed by atoms with van der Waals surface area (Å²) >= 11 is 0. The molecule has 7 aromatic heterocycles. The molecule has 9 rings (SSSR count). The van der Waals surface area contributed by atoms with Gasteiger partial charge < -0.3 is 28.9 Å². The van der Waals surface area contributed by atoms with Crippen LogP contribution in [0.15, 0.2) is 122 Å². The Balaban J connectivity index is 1.35. The van der Waals surface area contributed by atoms with Gasteiger partial charge in [0.25, 0.3) is 0 Å². The maximum Gasteiger partial charge on any atom is 0.216 e. The highest BCUT2D eigenvalue weighted by Gasteiger charge is 2.28. The summed E-state index contributed by atoms with van der Waals surface area (Å²) in [6.07, 6.45) is 25.8. The first-order valence-corrected chi connectivity index (χ1v) is 28.0. The number of pyridine rings is 4. The summed E-state index contributed by atoms with van der Waals surface area (Å²) in [5, 5.41) is 0. The molecule has 0 atom stereocenters. The molecule has 0 aromatic carbocycles. The second kappa shape index (κ2) is 27.7. The van der Waals surface area contributed by atoms with Gasteiger partial charge in [-0.2, -0.15) is 18.3 Å². The van der Waals surface area contributed by atoms with E-state index in [9.17, 15) is 0 Å².